The fraction of sp³-hybridized carbons (Fsp3) is 0.421. The second-order valence-corrected chi connectivity index (χ2v) is 6.76. The average Bonchev–Trinajstić information content (AvgIpc) is 3.15. The van der Waals surface area contributed by atoms with E-state index in [1.165, 1.54) is 12.1 Å². The first kappa shape index (κ1) is 18.1. The molecule has 7 heteroatoms. The lowest BCUT2D eigenvalue weighted by molar-refractivity contribution is -0.132. The predicted molar refractivity (Wildman–Crippen MR) is 96.4 cm³/mol. The van der Waals surface area contributed by atoms with Gasteiger partial charge in [0.1, 0.15) is 5.82 Å². The first-order valence-electron chi connectivity index (χ1n) is 8.67. The number of benzene rings is 1. The van der Waals surface area contributed by atoms with Crippen LogP contribution in [-0.2, 0) is 9.63 Å². The number of carbonyl (C=O) groups is 1. The summed E-state index contributed by atoms with van der Waals surface area (Å²) in [6.07, 6.45) is -0.692. The Hall–Kier alpha value is -2.70. The molecule has 3 atom stereocenters. The van der Waals surface area contributed by atoms with Gasteiger partial charge in [0.05, 0.1) is 23.4 Å². The highest BCUT2D eigenvalue weighted by Crippen LogP contribution is 2.23. The maximum absolute atomic E-state index is 13.1. The van der Waals surface area contributed by atoms with E-state index in [-0.39, 0.29) is 23.7 Å². The normalized spacial score (nSPS) is 20.4. The first-order chi connectivity index (χ1) is 12.4. The molecule has 138 valence electrons. The molecule has 1 aliphatic heterocycles. The van der Waals surface area contributed by atoms with Gasteiger partial charge in [0.2, 0.25) is 6.10 Å². The van der Waals surface area contributed by atoms with Crippen molar-refractivity contribution >= 4 is 11.6 Å². The highest BCUT2D eigenvalue weighted by atomic mass is 19.1. The van der Waals surface area contributed by atoms with Crippen LogP contribution in [0.1, 0.15) is 36.8 Å². The Morgan fingerprint density at radius 2 is 2.04 bits per heavy atom. The van der Waals surface area contributed by atoms with Gasteiger partial charge in [-0.15, -0.1) is 0 Å². The number of nitrogens with one attached hydrogen (secondary N) is 1. The van der Waals surface area contributed by atoms with Crippen molar-refractivity contribution in [2.45, 2.75) is 39.8 Å². The van der Waals surface area contributed by atoms with Crippen molar-refractivity contribution in [3.63, 3.8) is 0 Å². The number of carbonyl (C=O) groups excluding carboxylic acids is 1. The van der Waals surface area contributed by atoms with Crippen LogP contribution in [0.4, 0.5) is 4.39 Å². The lowest BCUT2D eigenvalue weighted by Crippen LogP contribution is -2.41. The number of amides is 1. The van der Waals surface area contributed by atoms with E-state index in [1.807, 2.05) is 38.4 Å². The van der Waals surface area contributed by atoms with Gasteiger partial charge in [-0.05, 0) is 44.5 Å². The molecule has 0 radical (unpaired) electrons. The Morgan fingerprint density at radius 1 is 1.35 bits per heavy atom. The van der Waals surface area contributed by atoms with Crippen LogP contribution < -0.4 is 5.32 Å². The molecule has 0 bridgehead atoms. The highest BCUT2D eigenvalue weighted by Gasteiger charge is 2.36. The van der Waals surface area contributed by atoms with Gasteiger partial charge in [0, 0.05) is 12.2 Å². The molecule has 2 heterocycles. The van der Waals surface area contributed by atoms with Crippen LogP contribution in [0.15, 0.2) is 35.5 Å². The van der Waals surface area contributed by atoms with Crippen molar-refractivity contribution in [1.29, 1.82) is 0 Å². The molecule has 0 aliphatic carbocycles. The summed E-state index contributed by atoms with van der Waals surface area (Å²) in [5.74, 6) is -0.746. The topological polar surface area (TPSA) is 68.5 Å². The molecule has 0 spiro atoms. The number of halogens is 1. The third kappa shape index (κ3) is 3.61. The van der Waals surface area contributed by atoms with E-state index in [2.05, 4.69) is 15.6 Å². The molecule has 3 unspecified atom stereocenters. The summed E-state index contributed by atoms with van der Waals surface area (Å²) < 4.78 is 15.0. The van der Waals surface area contributed by atoms with Crippen LogP contribution in [-0.4, -0.2) is 34.0 Å². The van der Waals surface area contributed by atoms with Gasteiger partial charge in [0.25, 0.3) is 5.91 Å². The Balaban J connectivity index is 1.59. The first-order valence-corrected chi connectivity index (χ1v) is 8.67. The molecule has 0 saturated heterocycles. The largest absolute Gasteiger partial charge is 0.381 e. The fourth-order valence-corrected chi connectivity index (χ4v) is 3.17. The number of nitrogens with zero attached hydrogens (tertiary/aromatic N) is 3. The minimum Gasteiger partial charge on any atom is -0.381 e. The fourth-order valence-electron chi connectivity index (χ4n) is 3.17. The van der Waals surface area contributed by atoms with Gasteiger partial charge in [-0.3, -0.25) is 9.48 Å². The SMILES string of the molecule is Cc1cc(C)n(C(C)CNC(=O)C2ON=C(c3ccc(F)cc3)C2C)n1. The number of oxime groups is 1. The zero-order valence-corrected chi connectivity index (χ0v) is 15.4. The molecule has 1 aliphatic rings. The molecule has 2 aromatic rings. The van der Waals surface area contributed by atoms with Crippen molar-refractivity contribution in [2.75, 3.05) is 6.54 Å². The maximum atomic E-state index is 13.1. The summed E-state index contributed by atoms with van der Waals surface area (Å²) in [6.45, 7) is 8.25. The monoisotopic (exact) mass is 358 g/mol. The average molecular weight is 358 g/mol. The maximum Gasteiger partial charge on any atom is 0.264 e. The third-order valence-electron chi connectivity index (χ3n) is 4.58. The molecule has 0 saturated carbocycles. The van der Waals surface area contributed by atoms with Gasteiger partial charge < -0.3 is 10.2 Å². The van der Waals surface area contributed by atoms with E-state index in [9.17, 15) is 9.18 Å². The van der Waals surface area contributed by atoms with Crippen LogP contribution in [0, 0.1) is 25.6 Å². The molecule has 26 heavy (non-hydrogen) atoms. The highest BCUT2D eigenvalue weighted by molar-refractivity contribution is 6.05. The summed E-state index contributed by atoms with van der Waals surface area (Å²) in [7, 11) is 0. The van der Waals surface area contributed by atoms with E-state index < -0.39 is 6.10 Å². The minimum atomic E-state index is -0.692. The van der Waals surface area contributed by atoms with Crippen molar-refractivity contribution in [1.82, 2.24) is 15.1 Å². The molecule has 0 fully saturated rings. The summed E-state index contributed by atoms with van der Waals surface area (Å²) in [6, 6.07) is 8.05. The van der Waals surface area contributed by atoms with Crippen LogP contribution >= 0.6 is 0 Å². The van der Waals surface area contributed by atoms with Crippen molar-refractivity contribution in [3.05, 3.63) is 53.1 Å². The summed E-state index contributed by atoms with van der Waals surface area (Å²) >= 11 is 0. The van der Waals surface area contributed by atoms with Gasteiger partial charge in [-0.1, -0.05) is 24.2 Å². The Labute approximate surface area is 152 Å². The van der Waals surface area contributed by atoms with Gasteiger partial charge >= 0.3 is 0 Å². The number of rotatable bonds is 5. The molecule has 1 amide bonds. The lowest BCUT2D eigenvalue weighted by Gasteiger charge is -2.18. The van der Waals surface area contributed by atoms with Crippen molar-refractivity contribution in [3.8, 4) is 0 Å². The van der Waals surface area contributed by atoms with Gasteiger partial charge in [0.15, 0.2) is 0 Å². The molecule has 3 rings (SSSR count). The van der Waals surface area contributed by atoms with Crippen molar-refractivity contribution in [2.24, 2.45) is 11.1 Å². The smallest absolute Gasteiger partial charge is 0.264 e. The second kappa shape index (κ2) is 7.27. The summed E-state index contributed by atoms with van der Waals surface area (Å²) in [5.41, 5.74) is 3.41. The Bertz CT molecular complexity index is 829. The quantitative estimate of drug-likeness (QED) is 0.894. The van der Waals surface area contributed by atoms with E-state index in [1.54, 1.807) is 12.1 Å². The van der Waals surface area contributed by atoms with E-state index in [4.69, 9.17) is 4.84 Å². The van der Waals surface area contributed by atoms with Crippen molar-refractivity contribution < 1.29 is 14.0 Å². The van der Waals surface area contributed by atoms with E-state index in [0.717, 1.165) is 17.0 Å². The zero-order chi connectivity index (χ0) is 18.8. The number of hydrogen-bond acceptors (Lipinski definition) is 4. The number of hydrogen-bond donors (Lipinski definition) is 1. The van der Waals surface area contributed by atoms with Gasteiger partial charge in [-0.25, -0.2) is 4.39 Å². The molecule has 1 aromatic heterocycles. The second-order valence-electron chi connectivity index (χ2n) is 6.76. The predicted octanol–water partition coefficient (Wildman–Crippen LogP) is 2.76. The summed E-state index contributed by atoms with van der Waals surface area (Å²) in [5, 5.41) is 11.4. The molecular weight excluding hydrogens is 335 g/mol. The Morgan fingerprint density at radius 3 is 2.65 bits per heavy atom. The van der Waals surface area contributed by atoms with E-state index in [0.29, 0.717) is 12.3 Å². The molecule has 6 nitrogen and oxygen atoms in total. The van der Waals surface area contributed by atoms with Crippen LogP contribution in [0.5, 0.6) is 0 Å². The lowest BCUT2D eigenvalue weighted by atomic mass is 9.94. The number of aryl methyl sites for hydroxylation is 2. The molecule has 1 aromatic carbocycles. The van der Waals surface area contributed by atoms with E-state index >= 15 is 0 Å². The van der Waals surface area contributed by atoms with Crippen LogP contribution in [0.25, 0.3) is 0 Å². The molecule has 1 N–H and O–H groups in total. The van der Waals surface area contributed by atoms with Crippen LogP contribution in [0.2, 0.25) is 0 Å². The van der Waals surface area contributed by atoms with Gasteiger partial charge in [-0.2, -0.15) is 5.10 Å². The third-order valence-corrected chi connectivity index (χ3v) is 4.58. The minimum absolute atomic E-state index is 0.0295. The summed E-state index contributed by atoms with van der Waals surface area (Å²) in [4.78, 5) is 17.9. The zero-order valence-electron chi connectivity index (χ0n) is 15.4. The van der Waals surface area contributed by atoms with Crippen LogP contribution in [0.3, 0.4) is 0 Å². The Kier molecular flexibility index (Phi) is 5.06. The standard InChI is InChI=1S/C19H23FN4O2/c1-11-9-12(2)24(22-11)13(3)10-21-19(25)18-14(4)17(23-26-18)15-5-7-16(20)8-6-15/h5-9,13-14,18H,10H2,1-4H3,(H,21,25). The molecular formula is C19H23FN4O2. The number of aromatic nitrogens is 2.